The number of fused-ring (bicyclic) bond motifs is 1. The minimum atomic E-state index is 0.890. The quantitative estimate of drug-likeness (QED) is 0.488. The topological polar surface area (TPSA) is 33.4 Å². The van der Waals surface area contributed by atoms with Gasteiger partial charge in [0.25, 0.3) is 0 Å². The molecule has 0 aliphatic heterocycles. The third-order valence-corrected chi connectivity index (χ3v) is 4.69. The summed E-state index contributed by atoms with van der Waals surface area (Å²) in [5, 5.41) is 0. The molecule has 0 spiro atoms. The second kappa shape index (κ2) is 7.79. The molecule has 0 saturated carbocycles. The van der Waals surface area contributed by atoms with Crippen molar-refractivity contribution in [3.05, 3.63) is 84.3 Å². The smallest absolute Gasteiger partial charge is 0.138 e. The summed E-state index contributed by atoms with van der Waals surface area (Å²) in [4.78, 5) is 11.3. The Hall–Kier alpha value is -3.24. The molecule has 28 heavy (non-hydrogen) atoms. The van der Waals surface area contributed by atoms with E-state index in [2.05, 4.69) is 83.1 Å². The Morgan fingerprint density at radius 2 is 1.71 bits per heavy atom. The molecule has 3 heterocycles. The van der Waals surface area contributed by atoms with Crippen LogP contribution in [0.2, 0.25) is 0 Å². The molecular formula is C24H24N4. The molecule has 0 unspecified atom stereocenters. The third kappa shape index (κ3) is 3.59. The molecule has 140 valence electrons. The van der Waals surface area contributed by atoms with Gasteiger partial charge in [0.1, 0.15) is 5.65 Å². The molecule has 0 radical (unpaired) electrons. The summed E-state index contributed by atoms with van der Waals surface area (Å²) in [6, 6.07) is 17.0. The van der Waals surface area contributed by atoms with Crippen LogP contribution in [-0.2, 0) is 6.54 Å². The first-order valence-corrected chi connectivity index (χ1v) is 9.45. The summed E-state index contributed by atoms with van der Waals surface area (Å²) in [5.41, 5.74) is 7.69. The fourth-order valence-electron chi connectivity index (χ4n) is 3.48. The molecule has 0 saturated heterocycles. The number of pyridine rings is 2. The van der Waals surface area contributed by atoms with Gasteiger partial charge in [-0.05, 0) is 56.4 Å². The highest BCUT2D eigenvalue weighted by atomic mass is 15.1. The fourth-order valence-corrected chi connectivity index (χ4v) is 3.48. The molecule has 4 rings (SSSR count). The third-order valence-electron chi connectivity index (χ3n) is 4.69. The zero-order chi connectivity index (χ0) is 19.5. The van der Waals surface area contributed by atoms with Gasteiger partial charge < -0.3 is 4.90 Å². The summed E-state index contributed by atoms with van der Waals surface area (Å²) in [5.74, 6) is 0. The lowest BCUT2D eigenvalue weighted by Gasteiger charge is -2.10. The Balaban J connectivity index is 1.90. The molecule has 0 aliphatic carbocycles. The summed E-state index contributed by atoms with van der Waals surface area (Å²) in [7, 11) is 4.16. The van der Waals surface area contributed by atoms with Gasteiger partial charge in [0.05, 0.1) is 11.4 Å². The van der Waals surface area contributed by atoms with Gasteiger partial charge in [-0.3, -0.25) is 9.38 Å². The lowest BCUT2D eigenvalue weighted by atomic mass is 10.0. The van der Waals surface area contributed by atoms with Crippen molar-refractivity contribution in [1.29, 1.82) is 0 Å². The minimum Gasteiger partial charge on any atom is -0.305 e. The molecule has 0 amide bonds. The van der Waals surface area contributed by atoms with Crippen LogP contribution in [0.4, 0.5) is 0 Å². The lowest BCUT2D eigenvalue weighted by molar-refractivity contribution is 0.402. The predicted octanol–water partition coefficient (Wildman–Crippen LogP) is 5.16. The van der Waals surface area contributed by atoms with Crippen LogP contribution in [0.1, 0.15) is 18.1 Å². The zero-order valence-corrected chi connectivity index (χ0v) is 16.5. The number of allylic oxidation sites excluding steroid dienone is 1. The van der Waals surface area contributed by atoms with Crippen molar-refractivity contribution in [2.75, 3.05) is 14.1 Å². The second-order valence-electron chi connectivity index (χ2n) is 7.17. The van der Waals surface area contributed by atoms with E-state index < -0.39 is 0 Å². The molecule has 0 fully saturated rings. The Bertz CT molecular complexity index is 1110. The number of hydrogen-bond donors (Lipinski definition) is 0. The number of rotatable bonds is 5. The van der Waals surface area contributed by atoms with Crippen molar-refractivity contribution in [1.82, 2.24) is 19.3 Å². The highest BCUT2D eigenvalue weighted by Gasteiger charge is 2.16. The number of benzene rings is 1. The van der Waals surface area contributed by atoms with E-state index in [0.29, 0.717) is 0 Å². The minimum absolute atomic E-state index is 0.890. The van der Waals surface area contributed by atoms with Crippen molar-refractivity contribution < 1.29 is 0 Å². The van der Waals surface area contributed by atoms with E-state index in [1.165, 1.54) is 11.1 Å². The molecule has 4 heteroatoms. The van der Waals surface area contributed by atoms with Crippen LogP contribution in [0.15, 0.2) is 73.2 Å². The van der Waals surface area contributed by atoms with Gasteiger partial charge in [-0.1, -0.05) is 36.4 Å². The standard InChI is InChI=1S/C24H24N4/c1-4-5-18-6-8-20(9-7-18)23-24(21-10-13-25-14-11-21)28-15-12-19(17-27(2)3)16-22(28)26-23/h4-16H,17H2,1-3H3/b5-4+. The van der Waals surface area contributed by atoms with E-state index in [1.54, 1.807) is 0 Å². The van der Waals surface area contributed by atoms with Gasteiger partial charge in [0, 0.05) is 36.3 Å². The fraction of sp³-hybridized carbons (Fsp3) is 0.167. The Morgan fingerprint density at radius 3 is 2.39 bits per heavy atom. The van der Waals surface area contributed by atoms with Crippen molar-refractivity contribution in [2.24, 2.45) is 0 Å². The molecule has 0 aliphatic rings. The van der Waals surface area contributed by atoms with Crippen LogP contribution < -0.4 is 0 Å². The summed E-state index contributed by atoms with van der Waals surface area (Å²) in [6.45, 7) is 2.92. The lowest BCUT2D eigenvalue weighted by Crippen LogP contribution is -2.10. The van der Waals surface area contributed by atoms with Crippen LogP contribution in [0, 0.1) is 0 Å². The van der Waals surface area contributed by atoms with Gasteiger partial charge >= 0.3 is 0 Å². The van der Waals surface area contributed by atoms with Gasteiger partial charge in [-0.25, -0.2) is 4.98 Å². The SMILES string of the molecule is C/C=C/c1ccc(-c2nc3cc(CN(C)C)ccn3c2-c2ccncc2)cc1. The highest BCUT2D eigenvalue weighted by Crippen LogP contribution is 2.33. The second-order valence-corrected chi connectivity index (χ2v) is 7.17. The van der Waals surface area contributed by atoms with Crippen molar-refractivity contribution in [2.45, 2.75) is 13.5 Å². The molecule has 0 N–H and O–H groups in total. The van der Waals surface area contributed by atoms with E-state index >= 15 is 0 Å². The van der Waals surface area contributed by atoms with Crippen LogP contribution in [0.5, 0.6) is 0 Å². The number of hydrogen-bond acceptors (Lipinski definition) is 3. The molecule has 1 aromatic carbocycles. The number of aromatic nitrogens is 3. The maximum absolute atomic E-state index is 5.01. The Kier molecular flexibility index (Phi) is 5.04. The number of imidazole rings is 1. The maximum Gasteiger partial charge on any atom is 0.138 e. The van der Waals surface area contributed by atoms with Crippen molar-refractivity contribution in [3.63, 3.8) is 0 Å². The normalized spacial score (nSPS) is 11.7. The maximum atomic E-state index is 5.01. The summed E-state index contributed by atoms with van der Waals surface area (Å²) >= 11 is 0. The molecule has 4 nitrogen and oxygen atoms in total. The van der Waals surface area contributed by atoms with Gasteiger partial charge in [-0.15, -0.1) is 0 Å². The zero-order valence-electron chi connectivity index (χ0n) is 16.5. The molecule has 0 bridgehead atoms. The van der Waals surface area contributed by atoms with Crippen LogP contribution >= 0.6 is 0 Å². The average Bonchev–Trinajstić information content (AvgIpc) is 3.07. The van der Waals surface area contributed by atoms with E-state index in [-0.39, 0.29) is 0 Å². The van der Waals surface area contributed by atoms with Crippen LogP contribution in [-0.4, -0.2) is 33.4 Å². The van der Waals surface area contributed by atoms with Crippen LogP contribution in [0.3, 0.4) is 0 Å². The van der Waals surface area contributed by atoms with Crippen molar-refractivity contribution >= 4 is 11.7 Å². The summed E-state index contributed by atoms with van der Waals surface area (Å²) < 4.78 is 2.17. The first-order valence-electron chi connectivity index (χ1n) is 9.45. The average molecular weight is 368 g/mol. The first-order chi connectivity index (χ1) is 13.7. The monoisotopic (exact) mass is 368 g/mol. The van der Waals surface area contributed by atoms with E-state index in [4.69, 9.17) is 4.98 Å². The number of nitrogens with zero attached hydrogens (tertiary/aromatic N) is 4. The van der Waals surface area contributed by atoms with Gasteiger partial charge in [0.2, 0.25) is 0 Å². The van der Waals surface area contributed by atoms with E-state index in [1.807, 2.05) is 31.5 Å². The molecular weight excluding hydrogens is 344 g/mol. The van der Waals surface area contributed by atoms with E-state index in [9.17, 15) is 0 Å². The Labute approximate surface area is 165 Å². The molecule has 3 aromatic heterocycles. The molecule has 0 atom stereocenters. The Morgan fingerprint density at radius 1 is 0.964 bits per heavy atom. The van der Waals surface area contributed by atoms with Crippen LogP contribution in [0.25, 0.3) is 34.2 Å². The largest absolute Gasteiger partial charge is 0.305 e. The van der Waals surface area contributed by atoms with Gasteiger partial charge in [-0.2, -0.15) is 0 Å². The first kappa shape index (κ1) is 18.1. The van der Waals surface area contributed by atoms with Crippen molar-refractivity contribution in [3.8, 4) is 22.5 Å². The predicted molar refractivity (Wildman–Crippen MR) is 116 cm³/mol. The van der Waals surface area contributed by atoms with Gasteiger partial charge in [0.15, 0.2) is 0 Å². The summed E-state index contributed by atoms with van der Waals surface area (Å²) in [6.07, 6.45) is 9.93. The molecule has 4 aromatic rings. The highest BCUT2D eigenvalue weighted by molar-refractivity contribution is 5.82. The van der Waals surface area contributed by atoms with E-state index in [0.717, 1.165) is 34.7 Å².